The molecule has 0 amide bonds. The summed E-state index contributed by atoms with van der Waals surface area (Å²) < 4.78 is 0. The molecule has 54 valence electrons. The van der Waals surface area contributed by atoms with Gasteiger partial charge < -0.3 is 11.2 Å². The predicted octanol–water partition coefficient (Wildman–Crippen LogP) is 0.863. The fourth-order valence-electron chi connectivity index (χ4n) is 0.807. The number of nitrogen functional groups attached to an aromatic ring is 2. The van der Waals surface area contributed by atoms with Gasteiger partial charge in [-0.2, -0.15) is 0 Å². The summed E-state index contributed by atoms with van der Waals surface area (Å²) in [5, 5.41) is 0. The van der Waals surface area contributed by atoms with Crippen molar-refractivity contribution >= 4 is 11.4 Å². The molecule has 0 radical (unpaired) electrons. The van der Waals surface area contributed by atoms with Crippen LogP contribution in [-0.2, 0) is 0 Å². The minimum Gasteiger partial charge on any atom is -0.397 e. The van der Waals surface area contributed by atoms with Gasteiger partial charge in [-0.3, -0.25) is 5.84 Å². The fourth-order valence-corrected chi connectivity index (χ4v) is 0.807. The third kappa shape index (κ3) is 1.04. The number of para-hydroxylation sites is 1. The number of hydrogen-bond acceptors (Lipinski definition) is 3. The summed E-state index contributed by atoms with van der Waals surface area (Å²) in [6.45, 7) is 1.94. The highest BCUT2D eigenvalue weighted by Gasteiger charge is 1.96. The van der Waals surface area contributed by atoms with Crippen LogP contribution in [0.25, 0.3) is 0 Å². The average Bonchev–Trinajstić information content (AvgIpc) is 1.95. The van der Waals surface area contributed by atoms with Gasteiger partial charge >= 0.3 is 0 Å². The summed E-state index contributed by atoms with van der Waals surface area (Å²) in [5.74, 6) is 5.19. The van der Waals surface area contributed by atoms with Gasteiger partial charge in [-0.15, -0.1) is 0 Å². The maximum Gasteiger partial charge on any atom is 0.0718 e. The summed E-state index contributed by atoms with van der Waals surface area (Å²) in [7, 11) is 0. The average molecular weight is 137 g/mol. The number of rotatable bonds is 1. The van der Waals surface area contributed by atoms with Gasteiger partial charge in [0.2, 0.25) is 0 Å². The van der Waals surface area contributed by atoms with E-state index >= 15 is 0 Å². The van der Waals surface area contributed by atoms with Crippen molar-refractivity contribution in [2.75, 3.05) is 11.2 Å². The highest BCUT2D eigenvalue weighted by Crippen LogP contribution is 2.19. The van der Waals surface area contributed by atoms with Crippen LogP contribution in [-0.4, -0.2) is 0 Å². The lowest BCUT2D eigenvalue weighted by atomic mass is 10.2. The molecule has 1 aromatic carbocycles. The molecule has 1 aromatic rings. The van der Waals surface area contributed by atoms with E-state index in [1.54, 1.807) is 0 Å². The van der Waals surface area contributed by atoms with Crippen LogP contribution < -0.4 is 17.0 Å². The van der Waals surface area contributed by atoms with E-state index in [2.05, 4.69) is 5.43 Å². The number of nitrogens with one attached hydrogen (secondary N) is 1. The van der Waals surface area contributed by atoms with Gasteiger partial charge in [-0.1, -0.05) is 12.1 Å². The van der Waals surface area contributed by atoms with Crippen molar-refractivity contribution in [1.29, 1.82) is 0 Å². The molecule has 1 rings (SSSR count). The number of anilines is 2. The first-order chi connectivity index (χ1) is 4.75. The second kappa shape index (κ2) is 2.58. The van der Waals surface area contributed by atoms with E-state index in [-0.39, 0.29) is 0 Å². The smallest absolute Gasteiger partial charge is 0.0718 e. The predicted molar refractivity (Wildman–Crippen MR) is 43.4 cm³/mol. The van der Waals surface area contributed by atoms with E-state index in [1.165, 1.54) is 0 Å². The molecule has 0 aromatic heterocycles. The molecule has 0 fully saturated rings. The van der Waals surface area contributed by atoms with E-state index in [0.717, 1.165) is 11.3 Å². The molecule has 0 bridgehead atoms. The van der Waals surface area contributed by atoms with Crippen LogP contribution in [0.3, 0.4) is 0 Å². The number of benzene rings is 1. The number of hydrogen-bond donors (Lipinski definition) is 3. The van der Waals surface area contributed by atoms with Crippen LogP contribution in [0.15, 0.2) is 18.2 Å². The monoisotopic (exact) mass is 137 g/mol. The molecular formula is C7H11N3. The molecule has 0 saturated carbocycles. The topological polar surface area (TPSA) is 64.1 Å². The van der Waals surface area contributed by atoms with E-state index in [1.807, 2.05) is 25.1 Å². The molecule has 3 heteroatoms. The largest absolute Gasteiger partial charge is 0.397 e. The van der Waals surface area contributed by atoms with Gasteiger partial charge in [0.15, 0.2) is 0 Å². The fraction of sp³-hybridized carbons (Fsp3) is 0.143. The maximum absolute atomic E-state index is 5.65. The van der Waals surface area contributed by atoms with Crippen LogP contribution >= 0.6 is 0 Å². The van der Waals surface area contributed by atoms with E-state index in [4.69, 9.17) is 11.6 Å². The first-order valence-corrected chi connectivity index (χ1v) is 3.07. The minimum absolute atomic E-state index is 0.713. The molecule has 0 spiro atoms. The van der Waals surface area contributed by atoms with Crippen molar-refractivity contribution in [3.05, 3.63) is 23.8 Å². The van der Waals surface area contributed by atoms with E-state index < -0.39 is 0 Å². The maximum atomic E-state index is 5.65. The van der Waals surface area contributed by atoms with Gasteiger partial charge in [0.25, 0.3) is 0 Å². The summed E-state index contributed by atoms with van der Waals surface area (Å²) in [4.78, 5) is 0. The second-order valence-corrected chi connectivity index (χ2v) is 2.18. The SMILES string of the molecule is Cc1cccc(NN)c1N. The Morgan fingerprint density at radius 3 is 2.60 bits per heavy atom. The van der Waals surface area contributed by atoms with Crippen LogP contribution in [0, 0.1) is 6.92 Å². The molecule has 0 saturated heterocycles. The minimum atomic E-state index is 0.713. The summed E-state index contributed by atoms with van der Waals surface area (Å²) in [6.07, 6.45) is 0. The highest BCUT2D eigenvalue weighted by molar-refractivity contribution is 5.68. The molecule has 0 atom stereocenters. The Morgan fingerprint density at radius 2 is 2.10 bits per heavy atom. The Morgan fingerprint density at radius 1 is 1.40 bits per heavy atom. The molecule has 0 aliphatic heterocycles. The zero-order valence-corrected chi connectivity index (χ0v) is 5.89. The summed E-state index contributed by atoms with van der Waals surface area (Å²) in [6, 6.07) is 5.68. The van der Waals surface area contributed by atoms with Crippen LogP contribution in [0.5, 0.6) is 0 Å². The highest BCUT2D eigenvalue weighted by atomic mass is 15.2. The lowest BCUT2D eigenvalue weighted by Gasteiger charge is -2.05. The van der Waals surface area contributed by atoms with Crippen molar-refractivity contribution in [2.24, 2.45) is 5.84 Å². The first kappa shape index (κ1) is 6.89. The van der Waals surface area contributed by atoms with Crippen molar-refractivity contribution < 1.29 is 0 Å². The Kier molecular flexibility index (Phi) is 1.78. The first-order valence-electron chi connectivity index (χ1n) is 3.07. The molecule has 0 heterocycles. The zero-order valence-electron chi connectivity index (χ0n) is 5.89. The normalized spacial score (nSPS) is 9.40. The van der Waals surface area contributed by atoms with Gasteiger partial charge in [0.1, 0.15) is 0 Å². The Labute approximate surface area is 60.0 Å². The van der Waals surface area contributed by atoms with Crippen molar-refractivity contribution in [1.82, 2.24) is 0 Å². The molecule has 0 aliphatic rings. The number of aryl methyl sites for hydroxylation is 1. The van der Waals surface area contributed by atoms with Crippen LogP contribution in [0.2, 0.25) is 0 Å². The van der Waals surface area contributed by atoms with Crippen molar-refractivity contribution in [2.45, 2.75) is 6.92 Å². The van der Waals surface area contributed by atoms with Gasteiger partial charge in [-0.25, -0.2) is 0 Å². The molecule has 5 N–H and O–H groups in total. The lowest BCUT2D eigenvalue weighted by Crippen LogP contribution is -2.09. The standard InChI is InChI=1S/C7H11N3/c1-5-3-2-4-6(10-9)7(5)8/h2-4,10H,8-9H2,1H3. The molecule has 3 nitrogen and oxygen atoms in total. The third-order valence-corrected chi connectivity index (χ3v) is 1.48. The quantitative estimate of drug-likeness (QED) is 0.305. The second-order valence-electron chi connectivity index (χ2n) is 2.18. The Hall–Kier alpha value is -1.22. The molecular weight excluding hydrogens is 126 g/mol. The number of hydrazine groups is 1. The van der Waals surface area contributed by atoms with E-state index in [9.17, 15) is 0 Å². The Bertz CT molecular complexity index is 232. The number of nitrogens with two attached hydrogens (primary N) is 2. The van der Waals surface area contributed by atoms with Crippen molar-refractivity contribution in [3.63, 3.8) is 0 Å². The van der Waals surface area contributed by atoms with Crippen LogP contribution in [0.1, 0.15) is 5.56 Å². The molecule has 0 unspecified atom stereocenters. The van der Waals surface area contributed by atoms with Crippen LogP contribution in [0.4, 0.5) is 11.4 Å². The van der Waals surface area contributed by atoms with Gasteiger partial charge in [0.05, 0.1) is 11.4 Å². The summed E-state index contributed by atoms with van der Waals surface area (Å²) in [5.41, 5.74) is 10.7. The summed E-state index contributed by atoms with van der Waals surface area (Å²) >= 11 is 0. The Balaban J connectivity index is 3.14. The van der Waals surface area contributed by atoms with Gasteiger partial charge in [0, 0.05) is 0 Å². The zero-order chi connectivity index (χ0) is 7.56. The molecule has 10 heavy (non-hydrogen) atoms. The van der Waals surface area contributed by atoms with Gasteiger partial charge in [-0.05, 0) is 18.6 Å². The van der Waals surface area contributed by atoms with E-state index in [0.29, 0.717) is 5.69 Å². The third-order valence-electron chi connectivity index (χ3n) is 1.48. The lowest BCUT2D eigenvalue weighted by molar-refractivity contribution is 1.34. The van der Waals surface area contributed by atoms with Crippen molar-refractivity contribution in [3.8, 4) is 0 Å². The molecule has 0 aliphatic carbocycles.